The van der Waals surface area contributed by atoms with Gasteiger partial charge in [0.2, 0.25) is 0 Å². The lowest BCUT2D eigenvalue weighted by Crippen LogP contribution is -2.20. The van der Waals surface area contributed by atoms with E-state index in [2.05, 4.69) is 0 Å². The fraction of sp³-hybridized carbons (Fsp3) is 0.857. The summed E-state index contributed by atoms with van der Waals surface area (Å²) in [4.78, 5) is 23.5. The Bertz CT molecular complexity index is 337. The molecule has 3 atom stereocenters. The average Bonchev–Trinajstić information content (AvgIpc) is 2.87. The first-order valence-electron chi connectivity index (χ1n) is 7.36. The Kier molecular flexibility index (Phi) is 9.39. The Hall–Kier alpha value is -0.240. The van der Waals surface area contributed by atoms with Crippen molar-refractivity contribution in [2.45, 2.75) is 39.7 Å². The molecule has 0 saturated heterocycles. The van der Waals surface area contributed by atoms with E-state index in [4.69, 9.17) is 13.7 Å². The van der Waals surface area contributed by atoms with E-state index in [1.165, 1.54) is 11.8 Å². The summed E-state index contributed by atoms with van der Waals surface area (Å²) in [5, 5.41) is 0. The lowest BCUT2D eigenvalue weighted by atomic mass is 10.1. The van der Waals surface area contributed by atoms with Gasteiger partial charge in [-0.05, 0) is 39.5 Å². The largest absolute Gasteiger partial charge is 0.466 e. The van der Waals surface area contributed by atoms with Crippen LogP contribution < -0.4 is 0 Å². The predicted octanol–water partition coefficient (Wildman–Crippen LogP) is 3.52. The molecular weight excluding hydrogens is 312 g/mol. The van der Waals surface area contributed by atoms with Crippen LogP contribution in [0.5, 0.6) is 0 Å². The van der Waals surface area contributed by atoms with Gasteiger partial charge in [-0.15, -0.1) is 0 Å². The number of rotatable bonds is 8. The van der Waals surface area contributed by atoms with Crippen molar-refractivity contribution in [3.05, 3.63) is 0 Å². The van der Waals surface area contributed by atoms with E-state index < -0.39 is 0 Å². The summed E-state index contributed by atoms with van der Waals surface area (Å²) < 4.78 is 15.8. The molecule has 122 valence electrons. The highest BCUT2D eigenvalue weighted by Gasteiger charge is 2.39. The quantitative estimate of drug-likeness (QED) is 0.496. The second-order valence-corrected chi connectivity index (χ2v) is 6.75. The normalized spacial score (nSPS) is 25.0. The molecule has 0 aliphatic heterocycles. The van der Waals surface area contributed by atoms with Crippen LogP contribution in [0.4, 0.5) is 4.79 Å². The molecule has 21 heavy (non-hydrogen) atoms. The van der Waals surface area contributed by atoms with Gasteiger partial charge >= 0.3 is 5.97 Å². The molecule has 0 aromatic heterocycles. The average molecular weight is 336 g/mol. The summed E-state index contributed by atoms with van der Waals surface area (Å²) in [5.74, 6) is 0.599. The molecule has 1 aliphatic carbocycles. The fourth-order valence-electron chi connectivity index (χ4n) is 2.44. The molecule has 0 spiro atoms. The first-order chi connectivity index (χ1) is 10.1. The van der Waals surface area contributed by atoms with Crippen LogP contribution in [0.15, 0.2) is 0 Å². The summed E-state index contributed by atoms with van der Waals surface area (Å²) in [6.07, 6.45) is 1.44. The zero-order valence-electron chi connectivity index (χ0n) is 12.8. The van der Waals surface area contributed by atoms with E-state index in [0.717, 1.165) is 18.5 Å². The van der Waals surface area contributed by atoms with E-state index in [0.29, 0.717) is 32.0 Å². The third kappa shape index (κ3) is 6.59. The molecule has 1 saturated carbocycles. The third-order valence-corrected chi connectivity index (χ3v) is 5.17. The molecule has 1 aliphatic rings. The summed E-state index contributed by atoms with van der Waals surface area (Å²) in [7, 11) is 0. The van der Waals surface area contributed by atoms with Crippen LogP contribution in [0.3, 0.4) is 0 Å². The molecule has 0 N–H and O–H groups in total. The van der Waals surface area contributed by atoms with Crippen molar-refractivity contribution in [3.8, 4) is 0 Å². The van der Waals surface area contributed by atoms with Gasteiger partial charge < -0.3 is 13.7 Å². The van der Waals surface area contributed by atoms with Crippen LogP contribution in [0.1, 0.15) is 33.6 Å². The molecule has 7 heteroatoms. The van der Waals surface area contributed by atoms with Crippen molar-refractivity contribution < 1.29 is 23.2 Å². The minimum atomic E-state index is -0.148. The zero-order valence-corrected chi connectivity index (χ0v) is 14.5. The number of hydrogen-bond acceptors (Lipinski definition) is 7. The highest BCUT2D eigenvalue weighted by molar-refractivity contribution is 8.36. The maximum atomic E-state index is 11.8. The van der Waals surface area contributed by atoms with Crippen LogP contribution >= 0.6 is 23.8 Å². The summed E-state index contributed by atoms with van der Waals surface area (Å²) in [6.45, 7) is 7.12. The Labute approximate surface area is 135 Å². The first-order valence-corrected chi connectivity index (χ1v) is 9.09. The van der Waals surface area contributed by atoms with E-state index in [1.807, 2.05) is 20.8 Å². The van der Waals surface area contributed by atoms with Gasteiger partial charge in [-0.2, -0.15) is 0 Å². The van der Waals surface area contributed by atoms with Crippen molar-refractivity contribution in [3.63, 3.8) is 0 Å². The Morgan fingerprint density at radius 3 is 2.48 bits per heavy atom. The van der Waals surface area contributed by atoms with Crippen LogP contribution in [-0.4, -0.2) is 42.1 Å². The fourth-order valence-corrected chi connectivity index (χ4v) is 3.89. The second-order valence-electron chi connectivity index (χ2n) is 4.73. The van der Waals surface area contributed by atoms with Gasteiger partial charge in [-0.25, -0.2) is 0 Å². The highest BCUT2D eigenvalue weighted by Crippen LogP contribution is 2.37. The number of thioether (sulfide) groups is 1. The Balaban J connectivity index is 2.45. The van der Waals surface area contributed by atoms with Crippen molar-refractivity contribution in [2.75, 3.05) is 25.6 Å². The van der Waals surface area contributed by atoms with Crippen molar-refractivity contribution in [2.24, 2.45) is 11.8 Å². The molecule has 1 fully saturated rings. The minimum Gasteiger partial charge on any atom is -0.466 e. The Morgan fingerprint density at radius 1 is 1.10 bits per heavy atom. The van der Waals surface area contributed by atoms with Gasteiger partial charge in [0.05, 0.1) is 37.3 Å². The highest BCUT2D eigenvalue weighted by atomic mass is 32.2. The molecule has 5 nitrogen and oxygen atoms in total. The minimum absolute atomic E-state index is 0.0294. The molecule has 0 aromatic rings. The molecule has 0 aromatic carbocycles. The first kappa shape index (κ1) is 18.8. The topological polar surface area (TPSA) is 61.8 Å². The van der Waals surface area contributed by atoms with Crippen molar-refractivity contribution >= 4 is 34.2 Å². The van der Waals surface area contributed by atoms with E-state index in [9.17, 15) is 9.59 Å². The standard InChI is InChI=1S/C14H24O5S2/c1-4-17-12-8-10(13(15)18-5-2)7-11(12)9-20-14(16)21-19-6-3/h10-12H,4-9H2,1-3H3. The lowest BCUT2D eigenvalue weighted by Gasteiger charge is -2.18. The van der Waals surface area contributed by atoms with Gasteiger partial charge in [0, 0.05) is 12.4 Å². The molecule has 0 bridgehead atoms. The SMILES string of the molecule is CCOSC(=O)SCC1CC(C(=O)OCC)CC1OCC. The van der Waals surface area contributed by atoms with Gasteiger partial charge in [0.1, 0.15) is 0 Å². The van der Waals surface area contributed by atoms with Gasteiger partial charge in [0.25, 0.3) is 4.45 Å². The lowest BCUT2D eigenvalue weighted by molar-refractivity contribution is -0.148. The monoisotopic (exact) mass is 336 g/mol. The molecule has 0 heterocycles. The van der Waals surface area contributed by atoms with Crippen LogP contribution in [0.25, 0.3) is 0 Å². The van der Waals surface area contributed by atoms with Crippen LogP contribution in [0, 0.1) is 11.8 Å². The van der Waals surface area contributed by atoms with Crippen LogP contribution in [0.2, 0.25) is 0 Å². The number of carbonyl (C=O) groups excluding carboxylic acids is 2. The second kappa shape index (κ2) is 10.5. The Morgan fingerprint density at radius 2 is 1.86 bits per heavy atom. The molecule has 0 radical (unpaired) electrons. The van der Waals surface area contributed by atoms with E-state index in [1.54, 1.807) is 0 Å². The zero-order chi connectivity index (χ0) is 15.7. The van der Waals surface area contributed by atoms with E-state index in [-0.39, 0.29) is 28.4 Å². The van der Waals surface area contributed by atoms with Gasteiger partial charge in [-0.3, -0.25) is 9.59 Å². The molecule has 0 amide bonds. The number of hydrogen-bond donors (Lipinski definition) is 0. The smallest absolute Gasteiger partial charge is 0.309 e. The number of esters is 1. The maximum Gasteiger partial charge on any atom is 0.309 e. The number of carbonyl (C=O) groups is 2. The van der Waals surface area contributed by atoms with Gasteiger partial charge in [0.15, 0.2) is 0 Å². The van der Waals surface area contributed by atoms with Crippen molar-refractivity contribution in [1.82, 2.24) is 0 Å². The predicted molar refractivity (Wildman–Crippen MR) is 85.3 cm³/mol. The third-order valence-electron chi connectivity index (χ3n) is 3.29. The summed E-state index contributed by atoms with van der Waals surface area (Å²) >= 11 is 2.12. The summed E-state index contributed by atoms with van der Waals surface area (Å²) in [6, 6.07) is 0. The van der Waals surface area contributed by atoms with E-state index >= 15 is 0 Å². The van der Waals surface area contributed by atoms with Gasteiger partial charge in [-0.1, -0.05) is 11.8 Å². The molecule has 1 rings (SSSR count). The molecular formula is C14H24O5S2. The van der Waals surface area contributed by atoms with Crippen LogP contribution in [-0.2, 0) is 18.5 Å². The summed E-state index contributed by atoms with van der Waals surface area (Å²) in [5.41, 5.74) is 0. The number of ether oxygens (including phenoxy) is 2. The van der Waals surface area contributed by atoms with Crippen molar-refractivity contribution in [1.29, 1.82) is 0 Å². The molecule has 3 unspecified atom stereocenters. The maximum absolute atomic E-state index is 11.8.